The van der Waals surface area contributed by atoms with Gasteiger partial charge in [0.1, 0.15) is 24.4 Å². The van der Waals surface area contributed by atoms with Gasteiger partial charge in [0, 0.05) is 15.6 Å². The Morgan fingerprint density at radius 2 is 1.78 bits per heavy atom. The van der Waals surface area contributed by atoms with E-state index in [4.69, 9.17) is 32.7 Å². The van der Waals surface area contributed by atoms with E-state index in [-0.39, 0.29) is 12.2 Å². The Labute approximate surface area is 197 Å². The maximum atomic E-state index is 12.4. The van der Waals surface area contributed by atoms with Gasteiger partial charge in [0.05, 0.1) is 5.57 Å². The monoisotopic (exact) mass is 476 g/mol. The number of benzene rings is 2. The second kappa shape index (κ2) is 11.4. The molecular weight excluding hydrogens is 451 g/mol. The molecule has 2 aromatic carbocycles. The topological polar surface area (TPSA) is 72.8 Å². The van der Waals surface area contributed by atoms with Crippen LogP contribution >= 0.6 is 23.2 Å². The molecule has 1 fully saturated rings. The molecule has 0 amide bonds. The molecule has 5 nitrogen and oxygen atoms in total. The summed E-state index contributed by atoms with van der Waals surface area (Å²) in [4.78, 5) is 24.2. The zero-order valence-electron chi connectivity index (χ0n) is 17.9. The van der Waals surface area contributed by atoms with Crippen molar-refractivity contribution in [3.05, 3.63) is 69.2 Å². The van der Waals surface area contributed by atoms with E-state index in [0.29, 0.717) is 33.3 Å². The predicted octanol–water partition coefficient (Wildman–Crippen LogP) is 6.55. The lowest BCUT2D eigenvalue weighted by Gasteiger charge is -2.14. The highest BCUT2D eigenvalue weighted by molar-refractivity contribution is 6.35. The van der Waals surface area contributed by atoms with Gasteiger partial charge < -0.3 is 14.6 Å². The van der Waals surface area contributed by atoms with Crippen molar-refractivity contribution in [2.45, 2.75) is 51.7 Å². The zero-order valence-corrected chi connectivity index (χ0v) is 19.4. The van der Waals surface area contributed by atoms with Crippen LogP contribution in [0.4, 0.5) is 0 Å². The van der Waals surface area contributed by atoms with Gasteiger partial charge in [0.2, 0.25) is 0 Å². The van der Waals surface area contributed by atoms with Crippen LogP contribution in [0.1, 0.15) is 50.2 Å². The minimum atomic E-state index is -1.04. The number of unbranched alkanes of at least 4 members (excludes halogenated alkanes) is 3. The summed E-state index contributed by atoms with van der Waals surface area (Å²) < 4.78 is 11.2. The summed E-state index contributed by atoms with van der Waals surface area (Å²) in [5.41, 5.74) is 1.57. The Kier molecular flexibility index (Phi) is 8.60. The fraction of sp³-hybridized carbons (Fsp3) is 0.360. The lowest BCUT2D eigenvalue weighted by atomic mass is 9.91. The van der Waals surface area contributed by atoms with Crippen molar-refractivity contribution in [2.75, 3.05) is 0 Å². The maximum absolute atomic E-state index is 12.4. The van der Waals surface area contributed by atoms with Crippen molar-refractivity contribution in [2.24, 2.45) is 5.92 Å². The summed E-state index contributed by atoms with van der Waals surface area (Å²) in [6.07, 6.45) is 5.52. The minimum absolute atomic E-state index is 0.175. The number of ether oxygens (including phenoxy) is 2. The van der Waals surface area contributed by atoms with E-state index in [0.717, 1.165) is 25.7 Å². The van der Waals surface area contributed by atoms with Gasteiger partial charge in [-0.1, -0.05) is 67.6 Å². The molecule has 1 aliphatic heterocycles. The number of hydrogen-bond acceptors (Lipinski definition) is 4. The lowest BCUT2D eigenvalue weighted by Crippen LogP contribution is -2.25. The molecule has 0 bridgehead atoms. The molecule has 2 aromatic rings. The van der Waals surface area contributed by atoms with Gasteiger partial charge in [0.15, 0.2) is 0 Å². The lowest BCUT2D eigenvalue weighted by molar-refractivity contribution is -0.144. The van der Waals surface area contributed by atoms with E-state index < -0.39 is 24.0 Å². The molecule has 1 N–H and O–H groups in total. The second-order valence-corrected chi connectivity index (χ2v) is 8.58. The zero-order chi connectivity index (χ0) is 23.1. The highest BCUT2D eigenvalue weighted by Crippen LogP contribution is 2.33. The molecule has 170 valence electrons. The van der Waals surface area contributed by atoms with Crippen molar-refractivity contribution in [3.63, 3.8) is 0 Å². The maximum Gasteiger partial charge on any atom is 0.335 e. The van der Waals surface area contributed by atoms with Gasteiger partial charge in [-0.05, 0) is 48.7 Å². The number of carbonyl (C=O) groups is 2. The third-order valence-corrected chi connectivity index (χ3v) is 6.16. The molecule has 3 rings (SSSR count). The van der Waals surface area contributed by atoms with Crippen LogP contribution in [0.2, 0.25) is 10.0 Å². The van der Waals surface area contributed by atoms with Crippen molar-refractivity contribution < 1.29 is 24.2 Å². The summed E-state index contributed by atoms with van der Waals surface area (Å²) in [5.74, 6) is -1.96. The molecule has 32 heavy (non-hydrogen) atoms. The number of carboxylic acid groups (broad SMARTS) is 1. The third kappa shape index (κ3) is 6.05. The van der Waals surface area contributed by atoms with E-state index in [9.17, 15) is 14.7 Å². The van der Waals surface area contributed by atoms with E-state index in [1.54, 1.807) is 48.5 Å². The van der Waals surface area contributed by atoms with Crippen LogP contribution < -0.4 is 4.74 Å². The van der Waals surface area contributed by atoms with Gasteiger partial charge in [-0.25, -0.2) is 4.79 Å². The van der Waals surface area contributed by atoms with Gasteiger partial charge in [-0.15, -0.1) is 0 Å². The number of aliphatic carboxylic acids is 1. The molecule has 0 radical (unpaired) electrons. The number of cyclic esters (lactones) is 1. The second-order valence-electron chi connectivity index (χ2n) is 7.77. The Balaban J connectivity index is 1.68. The van der Waals surface area contributed by atoms with Crippen LogP contribution in [0.15, 0.2) is 48.0 Å². The Morgan fingerprint density at radius 1 is 1.09 bits per heavy atom. The largest absolute Gasteiger partial charge is 0.489 e. The summed E-state index contributed by atoms with van der Waals surface area (Å²) in [5, 5.41) is 10.8. The smallest absolute Gasteiger partial charge is 0.335 e. The Bertz CT molecular complexity index is 964. The van der Waals surface area contributed by atoms with Crippen LogP contribution in [0.3, 0.4) is 0 Å². The number of hydrogen-bond donors (Lipinski definition) is 1. The van der Waals surface area contributed by atoms with Crippen molar-refractivity contribution in [1.82, 2.24) is 0 Å². The first-order valence-corrected chi connectivity index (χ1v) is 11.5. The normalized spacial score (nSPS) is 19.2. The summed E-state index contributed by atoms with van der Waals surface area (Å²) in [6.45, 7) is 2.32. The van der Waals surface area contributed by atoms with Gasteiger partial charge in [-0.3, -0.25) is 4.79 Å². The van der Waals surface area contributed by atoms with E-state index in [1.807, 2.05) is 0 Å². The SMILES string of the molecule is CCCCCCC1OC(=O)/C(=C/c2ccc(OCc3c(Cl)cccc3Cl)cc2)C1C(=O)O. The number of carboxylic acids is 1. The molecular formula is C25H26Cl2O5. The molecule has 0 saturated carbocycles. The van der Waals surface area contributed by atoms with E-state index >= 15 is 0 Å². The fourth-order valence-electron chi connectivity index (χ4n) is 3.71. The average molecular weight is 477 g/mol. The van der Waals surface area contributed by atoms with Crippen LogP contribution in [0.5, 0.6) is 5.75 Å². The molecule has 7 heteroatoms. The first kappa shape index (κ1) is 24.1. The summed E-state index contributed by atoms with van der Waals surface area (Å²) in [7, 11) is 0. The van der Waals surface area contributed by atoms with E-state index in [1.165, 1.54) is 0 Å². The van der Waals surface area contributed by atoms with Crippen LogP contribution in [0.25, 0.3) is 6.08 Å². The fourth-order valence-corrected chi connectivity index (χ4v) is 4.21. The molecule has 1 aliphatic rings. The number of rotatable bonds is 10. The van der Waals surface area contributed by atoms with Gasteiger partial charge in [-0.2, -0.15) is 0 Å². The van der Waals surface area contributed by atoms with Crippen LogP contribution in [-0.4, -0.2) is 23.1 Å². The molecule has 1 heterocycles. The number of esters is 1. The molecule has 2 unspecified atom stereocenters. The Hall–Kier alpha value is -2.50. The van der Waals surface area contributed by atoms with Crippen LogP contribution in [-0.2, 0) is 20.9 Å². The summed E-state index contributed by atoms with van der Waals surface area (Å²) >= 11 is 12.3. The molecule has 0 spiro atoms. The molecule has 2 atom stereocenters. The third-order valence-electron chi connectivity index (χ3n) is 5.46. The average Bonchev–Trinajstić information content (AvgIpc) is 3.07. The van der Waals surface area contributed by atoms with Crippen molar-refractivity contribution in [3.8, 4) is 5.75 Å². The Morgan fingerprint density at radius 3 is 2.41 bits per heavy atom. The standard InChI is InChI=1S/C25H26Cl2O5/c1-2-3-4-5-9-22-23(24(28)29)18(25(30)32-22)14-16-10-12-17(13-11-16)31-15-19-20(26)7-6-8-21(19)27/h6-8,10-14,22-23H,2-5,9,15H2,1H3,(H,28,29)/b18-14+. The quantitative estimate of drug-likeness (QED) is 0.239. The highest BCUT2D eigenvalue weighted by atomic mass is 35.5. The molecule has 0 aliphatic carbocycles. The van der Waals surface area contributed by atoms with Crippen LogP contribution in [0, 0.1) is 5.92 Å². The minimum Gasteiger partial charge on any atom is -0.489 e. The first-order valence-electron chi connectivity index (χ1n) is 10.7. The predicted molar refractivity (Wildman–Crippen MR) is 125 cm³/mol. The van der Waals surface area contributed by atoms with Gasteiger partial charge in [0.25, 0.3) is 0 Å². The van der Waals surface area contributed by atoms with Crippen molar-refractivity contribution >= 4 is 41.2 Å². The first-order chi connectivity index (χ1) is 15.4. The van der Waals surface area contributed by atoms with E-state index in [2.05, 4.69) is 6.92 Å². The molecule has 1 saturated heterocycles. The number of carbonyl (C=O) groups excluding carboxylic acids is 1. The van der Waals surface area contributed by atoms with Gasteiger partial charge >= 0.3 is 11.9 Å². The van der Waals surface area contributed by atoms with Crippen molar-refractivity contribution in [1.29, 1.82) is 0 Å². The highest BCUT2D eigenvalue weighted by Gasteiger charge is 2.44. The molecule has 0 aromatic heterocycles. The number of halogens is 2. The summed E-state index contributed by atoms with van der Waals surface area (Å²) in [6, 6.07) is 12.3.